The van der Waals surface area contributed by atoms with Gasteiger partial charge in [-0.3, -0.25) is 4.90 Å². The fourth-order valence-electron chi connectivity index (χ4n) is 2.62. The molecule has 3 heteroatoms. The Labute approximate surface area is 116 Å². The Bertz CT molecular complexity index is 486. The minimum absolute atomic E-state index is 0.233. The van der Waals surface area contributed by atoms with Gasteiger partial charge in [0.1, 0.15) is 6.07 Å². The zero-order valence-corrected chi connectivity index (χ0v) is 12.4. The van der Waals surface area contributed by atoms with E-state index in [4.69, 9.17) is 0 Å². The summed E-state index contributed by atoms with van der Waals surface area (Å²) in [5.41, 5.74) is 3.33. The van der Waals surface area contributed by atoms with Crippen LogP contribution in [0.4, 0.5) is 5.69 Å². The Morgan fingerprint density at radius 1 is 1.11 bits per heavy atom. The lowest BCUT2D eigenvalue weighted by Crippen LogP contribution is -2.53. The van der Waals surface area contributed by atoms with Crippen LogP contribution in [0.3, 0.4) is 0 Å². The lowest BCUT2D eigenvalue weighted by molar-refractivity contribution is 0.128. The maximum Gasteiger partial charge on any atom is 0.101 e. The molecule has 0 N–H and O–H groups in total. The molecular formula is C16H23N3. The van der Waals surface area contributed by atoms with Crippen molar-refractivity contribution in [3.63, 3.8) is 0 Å². The third-order valence-electron chi connectivity index (χ3n) is 3.84. The van der Waals surface area contributed by atoms with Crippen LogP contribution in [-0.2, 0) is 0 Å². The van der Waals surface area contributed by atoms with E-state index >= 15 is 0 Å². The lowest BCUT2D eigenvalue weighted by Gasteiger charge is -2.43. The summed E-state index contributed by atoms with van der Waals surface area (Å²) in [6, 6.07) is 8.38. The molecule has 0 atom stereocenters. The van der Waals surface area contributed by atoms with Crippen molar-refractivity contribution in [3.8, 4) is 6.07 Å². The van der Waals surface area contributed by atoms with Crippen LogP contribution in [0, 0.1) is 18.3 Å². The monoisotopic (exact) mass is 257 g/mol. The van der Waals surface area contributed by atoms with Crippen LogP contribution < -0.4 is 4.90 Å². The molecule has 1 aromatic rings. The van der Waals surface area contributed by atoms with E-state index in [9.17, 15) is 5.26 Å². The molecule has 0 radical (unpaired) electrons. The highest BCUT2D eigenvalue weighted by Crippen LogP contribution is 2.24. The Morgan fingerprint density at radius 2 is 1.74 bits per heavy atom. The van der Waals surface area contributed by atoms with Gasteiger partial charge in [0.2, 0.25) is 0 Å². The molecule has 0 aliphatic carbocycles. The van der Waals surface area contributed by atoms with E-state index in [1.807, 2.05) is 12.1 Å². The second kappa shape index (κ2) is 5.22. The van der Waals surface area contributed by atoms with E-state index in [1.54, 1.807) is 0 Å². The van der Waals surface area contributed by atoms with E-state index < -0.39 is 0 Å². The van der Waals surface area contributed by atoms with Crippen molar-refractivity contribution in [3.05, 3.63) is 29.3 Å². The SMILES string of the molecule is Cc1ccc(C#N)c(N2CCN(C(C)(C)C)CC2)c1. The molecule has 1 aromatic carbocycles. The maximum absolute atomic E-state index is 9.23. The topological polar surface area (TPSA) is 30.3 Å². The summed E-state index contributed by atoms with van der Waals surface area (Å²) in [5.74, 6) is 0. The molecule has 0 aromatic heterocycles. The molecule has 0 unspecified atom stereocenters. The van der Waals surface area contributed by atoms with Gasteiger partial charge in [-0.2, -0.15) is 5.26 Å². The summed E-state index contributed by atoms with van der Waals surface area (Å²) in [6.07, 6.45) is 0. The Kier molecular flexibility index (Phi) is 3.82. The molecule has 19 heavy (non-hydrogen) atoms. The van der Waals surface area contributed by atoms with Gasteiger partial charge < -0.3 is 4.90 Å². The minimum Gasteiger partial charge on any atom is -0.368 e. The van der Waals surface area contributed by atoms with Crippen molar-refractivity contribution in [2.45, 2.75) is 33.2 Å². The van der Waals surface area contributed by atoms with E-state index in [0.29, 0.717) is 0 Å². The quantitative estimate of drug-likeness (QED) is 0.775. The number of hydrogen-bond acceptors (Lipinski definition) is 3. The van der Waals surface area contributed by atoms with Crippen molar-refractivity contribution in [2.75, 3.05) is 31.1 Å². The number of nitriles is 1. The molecule has 2 rings (SSSR count). The summed E-state index contributed by atoms with van der Waals surface area (Å²) in [4.78, 5) is 4.85. The molecule has 1 saturated heterocycles. The number of benzene rings is 1. The molecule has 3 nitrogen and oxygen atoms in total. The number of anilines is 1. The number of piperazine rings is 1. The van der Waals surface area contributed by atoms with Crippen LogP contribution in [-0.4, -0.2) is 36.6 Å². The Hall–Kier alpha value is -1.53. The predicted octanol–water partition coefficient (Wildman–Crippen LogP) is 2.79. The van der Waals surface area contributed by atoms with E-state index in [1.165, 1.54) is 5.56 Å². The third-order valence-corrected chi connectivity index (χ3v) is 3.84. The third kappa shape index (κ3) is 3.08. The maximum atomic E-state index is 9.23. The van der Waals surface area contributed by atoms with Gasteiger partial charge in [-0.25, -0.2) is 0 Å². The predicted molar refractivity (Wildman–Crippen MR) is 79.4 cm³/mol. The van der Waals surface area contributed by atoms with E-state index in [-0.39, 0.29) is 5.54 Å². The lowest BCUT2D eigenvalue weighted by atomic mass is 10.0. The average Bonchev–Trinajstić information content (AvgIpc) is 2.38. The number of rotatable bonds is 1. The molecule has 1 fully saturated rings. The summed E-state index contributed by atoms with van der Waals surface area (Å²) < 4.78 is 0. The Morgan fingerprint density at radius 3 is 2.26 bits per heavy atom. The summed E-state index contributed by atoms with van der Waals surface area (Å²) in [7, 11) is 0. The molecule has 0 saturated carbocycles. The number of aryl methyl sites for hydroxylation is 1. The average molecular weight is 257 g/mol. The van der Waals surface area contributed by atoms with Gasteiger partial charge in [-0.15, -0.1) is 0 Å². The van der Waals surface area contributed by atoms with Crippen LogP contribution >= 0.6 is 0 Å². The molecule has 102 valence electrons. The van der Waals surface area contributed by atoms with Gasteiger partial charge in [-0.1, -0.05) is 6.07 Å². The van der Waals surface area contributed by atoms with Gasteiger partial charge >= 0.3 is 0 Å². The first kappa shape index (κ1) is 13.9. The van der Waals surface area contributed by atoms with Crippen molar-refractivity contribution in [2.24, 2.45) is 0 Å². The van der Waals surface area contributed by atoms with E-state index in [0.717, 1.165) is 37.4 Å². The highest BCUT2D eigenvalue weighted by atomic mass is 15.3. The van der Waals surface area contributed by atoms with Crippen LogP contribution in [0.1, 0.15) is 31.9 Å². The van der Waals surface area contributed by atoms with Crippen LogP contribution in [0.25, 0.3) is 0 Å². The fraction of sp³-hybridized carbons (Fsp3) is 0.562. The first-order chi connectivity index (χ1) is 8.91. The molecule has 0 spiro atoms. The first-order valence-corrected chi connectivity index (χ1v) is 6.92. The fourth-order valence-corrected chi connectivity index (χ4v) is 2.62. The zero-order valence-electron chi connectivity index (χ0n) is 12.4. The summed E-state index contributed by atoms with van der Waals surface area (Å²) in [5, 5.41) is 9.23. The largest absolute Gasteiger partial charge is 0.368 e. The van der Waals surface area contributed by atoms with Gasteiger partial charge in [0.25, 0.3) is 0 Å². The van der Waals surface area contributed by atoms with Gasteiger partial charge in [0, 0.05) is 31.7 Å². The minimum atomic E-state index is 0.233. The molecule has 1 aliphatic heterocycles. The summed E-state index contributed by atoms with van der Waals surface area (Å²) >= 11 is 0. The van der Waals surface area contributed by atoms with Crippen LogP contribution in [0.2, 0.25) is 0 Å². The van der Waals surface area contributed by atoms with Crippen molar-refractivity contribution in [1.82, 2.24) is 4.90 Å². The molecule has 1 aliphatic rings. The number of hydrogen-bond donors (Lipinski definition) is 0. The van der Waals surface area contributed by atoms with Gasteiger partial charge in [0.05, 0.1) is 11.3 Å². The second-order valence-electron chi connectivity index (χ2n) is 6.28. The smallest absolute Gasteiger partial charge is 0.101 e. The zero-order chi connectivity index (χ0) is 14.0. The van der Waals surface area contributed by atoms with Gasteiger partial charge in [0.15, 0.2) is 0 Å². The molecule has 1 heterocycles. The van der Waals surface area contributed by atoms with E-state index in [2.05, 4.69) is 49.6 Å². The van der Waals surface area contributed by atoms with Crippen molar-refractivity contribution in [1.29, 1.82) is 5.26 Å². The Balaban J connectivity index is 2.14. The highest BCUT2D eigenvalue weighted by molar-refractivity contribution is 5.61. The normalized spacial score (nSPS) is 17.3. The standard InChI is InChI=1S/C16H23N3/c1-13-5-6-14(12-17)15(11-13)18-7-9-19(10-8-18)16(2,3)4/h5-6,11H,7-10H2,1-4H3. The first-order valence-electron chi connectivity index (χ1n) is 6.92. The number of nitrogens with zero attached hydrogens (tertiary/aromatic N) is 3. The second-order valence-corrected chi connectivity index (χ2v) is 6.28. The van der Waals surface area contributed by atoms with Crippen LogP contribution in [0.5, 0.6) is 0 Å². The summed E-state index contributed by atoms with van der Waals surface area (Å²) in [6.45, 7) is 13.0. The van der Waals surface area contributed by atoms with Gasteiger partial charge in [-0.05, 0) is 45.4 Å². The molecular weight excluding hydrogens is 234 g/mol. The molecule has 0 amide bonds. The van der Waals surface area contributed by atoms with Crippen molar-refractivity contribution >= 4 is 5.69 Å². The highest BCUT2D eigenvalue weighted by Gasteiger charge is 2.26. The van der Waals surface area contributed by atoms with Crippen molar-refractivity contribution < 1.29 is 0 Å². The molecule has 0 bridgehead atoms. The van der Waals surface area contributed by atoms with Crippen LogP contribution in [0.15, 0.2) is 18.2 Å².